The topological polar surface area (TPSA) is 146 Å². The Labute approximate surface area is 384 Å². The van der Waals surface area contributed by atoms with Crippen LogP contribution in [0.15, 0.2) is 106 Å². The first-order chi connectivity index (χ1) is 25.8. The van der Waals surface area contributed by atoms with E-state index in [0.29, 0.717) is 40.5 Å². The van der Waals surface area contributed by atoms with Crippen LogP contribution in [-0.2, 0) is 19.4 Å². The summed E-state index contributed by atoms with van der Waals surface area (Å²) in [7, 11) is -4.64. The van der Waals surface area contributed by atoms with E-state index in [1.165, 1.54) is 26.0 Å². The molecule has 0 radical (unpaired) electrons. The number of aliphatic hydroxyl groups is 2. The minimum atomic E-state index is -4.64. The lowest BCUT2D eigenvalue weighted by molar-refractivity contribution is -0.131. The Hall–Kier alpha value is -1.39. The van der Waals surface area contributed by atoms with E-state index in [0.717, 1.165) is 0 Å². The summed E-state index contributed by atoms with van der Waals surface area (Å²) < 4.78 is 55.6. The number of hydrogen-bond acceptors (Lipinski definition) is 10. The second kappa shape index (κ2) is 19.6. The Kier molecular flexibility index (Phi) is 16.5. The Morgan fingerprint density at radius 3 is 1.13 bits per heavy atom. The van der Waals surface area contributed by atoms with E-state index >= 15 is 8.42 Å². The summed E-state index contributed by atoms with van der Waals surface area (Å²) in [5.74, 6) is -0.855. The Morgan fingerprint density at radius 1 is 0.564 bits per heavy atom. The normalized spacial score (nSPS) is 11.3. The SMILES string of the molecule is C=C(C)C(=O)Oc1c(Br)cc(S(=O)(=O)c2cc(Br)c(OC(=O)C(=C)C)c(Br)c2-c2cc(Br)c(OCCO)c(Br)c2)c(-c2cc(Br)c(OCCO)c(Br)c2)c1Br. The maximum atomic E-state index is 15.4. The summed E-state index contributed by atoms with van der Waals surface area (Å²) in [6.07, 6.45) is 0. The minimum absolute atomic E-state index is 0.00979. The third kappa shape index (κ3) is 10.3. The molecule has 55 heavy (non-hydrogen) atoms. The van der Waals surface area contributed by atoms with Gasteiger partial charge in [-0.15, -0.1) is 0 Å². The lowest BCUT2D eigenvalue weighted by Crippen LogP contribution is -2.13. The number of sulfone groups is 1. The molecule has 0 aliphatic heterocycles. The van der Waals surface area contributed by atoms with Crippen LogP contribution < -0.4 is 18.9 Å². The summed E-state index contributed by atoms with van der Waals surface area (Å²) in [6.45, 7) is 9.73. The molecular weight excluding hydrogens is 1260 g/mol. The third-order valence-electron chi connectivity index (χ3n) is 7.19. The summed E-state index contributed by atoms with van der Waals surface area (Å²) >= 11 is 27.9. The van der Waals surface area contributed by atoms with Gasteiger partial charge in [-0.25, -0.2) is 18.0 Å². The molecule has 2 N–H and O–H groups in total. The average Bonchev–Trinajstić information content (AvgIpc) is 3.10. The van der Waals surface area contributed by atoms with Crippen LogP contribution >= 0.6 is 127 Å². The van der Waals surface area contributed by atoms with Crippen LogP contribution in [0.4, 0.5) is 0 Å². The van der Waals surface area contributed by atoms with E-state index in [1.807, 2.05) is 0 Å². The molecule has 0 unspecified atom stereocenters. The number of rotatable bonds is 14. The molecule has 0 aliphatic rings. The van der Waals surface area contributed by atoms with Crippen molar-refractivity contribution in [2.45, 2.75) is 23.6 Å². The van der Waals surface area contributed by atoms with Gasteiger partial charge in [0.25, 0.3) is 0 Å². The predicted octanol–water partition coefficient (Wildman–Crippen LogP) is 11.7. The highest BCUT2D eigenvalue weighted by Gasteiger charge is 2.34. The molecule has 4 aromatic rings. The first kappa shape index (κ1) is 46.3. The Bertz CT molecular complexity index is 2160. The molecule has 19 heteroatoms. The first-order valence-electron chi connectivity index (χ1n) is 15.3. The van der Waals surface area contributed by atoms with Gasteiger partial charge in [-0.2, -0.15) is 0 Å². The molecule has 10 nitrogen and oxygen atoms in total. The number of ether oxygens (including phenoxy) is 4. The molecule has 0 saturated carbocycles. The van der Waals surface area contributed by atoms with E-state index in [2.05, 4.69) is 141 Å². The number of benzene rings is 4. The lowest BCUT2D eigenvalue weighted by atomic mass is 10.0. The molecule has 0 fully saturated rings. The number of esters is 2. The van der Waals surface area contributed by atoms with Gasteiger partial charge in [0.05, 0.1) is 58.8 Å². The number of carbonyl (C=O) groups excluding carboxylic acids is 2. The summed E-state index contributed by atoms with van der Waals surface area (Å²) in [5.41, 5.74) is 1.06. The van der Waals surface area contributed by atoms with E-state index < -0.39 is 21.8 Å². The summed E-state index contributed by atoms with van der Waals surface area (Å²) in [6, 6.07) is 9.07. The molecule has 0 aromatic heterocycles. The van der Waals surface area contributed by atoms with Crippen LogP contribution in [0.25, 0.3) is 22.3 Å². The smallest absolute Gasteiger partial charge is 0.338 e. The van der Waals surface area contributed by atoms with Crippen molar-refractivity contribution < 1.29 is 47.2 Å². The first-order valence-corrected chi connectivity index (χ1v) is 23.1. The van der Waals surface area contributed by atoms with E-state index in [9.17, 15) is 19.8 Å². The molecule has 0 bridgehead atoms. The molecule has 0 amide bonds. The van der Waals surface area contributed by atoms with Gasteiger partial charge in [0, 0.05) is 22.3 Å². The van der Waals surface area contributed by atoms with E-state index in [4.69, 9.17) is 18.9 Å². The number of halogens is 8. The minimum Gasteiger partial charge on any atom is -0.489 e. The fourth-order valence-corrected chi connectivity index (χ4v) is 12.9. The van der Waals surface area contributed by atoms with E-state index in [1.54, 1.807) is 24.3 Å². The molecule has 4 rings (SSSR count). The van der Waals surface area contributed by atoms with Crippen LogP contribution in [0.3, 0.4) is 0 Å². The largest absolute Gasteiger partial charge is 0.489 e. The summed E-state index contributed by atoms with van der Waals surface area (Å²) in [4.78, 5) is 25.1. The number of aliphatic hydroxyl groups excluding tert-OH is 2. The highest BCUT2D eigenvalue weighted by molar-refractivity contribution is 9.12. The van der Waals surface area contributed by atoms with Gasteiger partial charge in [-0.1, -0.05) is 13.2 Å². The Balaban J connectivity index is 2.16. The van der Waals surface area contributed by atoms with Gasteiger partial charge < -0.3 is 29.2 Å². The molecule has 292 valence electrons. The quantitative estimate of drug-likeness (QED) is 0.0711. The second-order valence-electron chi connectivity index (χ2n) is 11.3. The standard InChI is InChI=1S/C36H26Br8O10S/c1-15(2)35(47)53-33-23(41)13-25(27(29(33)43)17-9-19(37)31(20(38)10-17)51-7-5-45)55(49,50)26-14-24(42)34(54-36(48)16(3)4)30(44)28(26)18-11-21(39)32(22(40)12-18)52-8-6-46/h9-14,45-46H,1,3,5-8H2,2,4H3. The van der Waals surface area contributed by atoms with Crippen molar-refractivity contribution >= 4 is 149 Å². The van der Waals surface area contributed by atoms with Crippen molar-refractivity contribution in [1.82, 2.24) is 0 Å². The van der Waals surface area contributed by atoms with Crippen LogP contribution in [0.1, 0.15) is 13.8 Å². The summed E-state index contributed by atoms with van der Waals surface area (Å²) in [5, 5.41) is 18.7. The van der Waals surface area contributed by atoms with Crippen molar-refractivity contribution in [1.29, 1.82) is 0 Å². The fraction of sp³-hybridized carbons (Fsp3) is 0.167. The van der Waals surface area contributed by atoms with Gasteiger partial charge in [0.15, 0.2) is 11.5 Å². The van der Waals surface area contributed by atoms with Crippen LogP contribution in [0.5, 0.6) is 23.0 Å². The maximum absolute atomic E-state index is 15.4. The monoisotopic (exact) mass is 1280 g/mol. The molecule has 0 saturated heterocycles. The van der Waals surface area contributed by atoms with Crippen LogP contribution in [0.2, 0.25) is 0 Å². The van der Waals surface area contributed by atoms with Crippen molar-refractivity contribution in [3.8, 4) is 45.3 Å². The predicted molar refractivity (Wildman–Crippen MR) is 237 cm³/mol. The molecule has 0 spiro atoms. The lowest BCUT2D eigenvalue weighted by Gasteiger charge is -2.22. The van der Waals surface area contributed by atoms with Crippen LogP contribution in [-0.4, -0.2) is 57.0 Å². The molecule has 0 aliphatic carbocycles. The van der Waals surface area contributed by atoms with Crippen molar-refractivity contribution in [2.24, 2.45) is 0 Å². The average molecular weight is 1290 g/mol. The highest BCUT2D eigenvalue weighted by Crippen LogP contribution is 2.53. The fourth-order valence-electron chi connectivity index (χ4n) is 4.77. The van der Waals surface area contributed by atoms with Gasteiger partial charge in [0.1, 0.15) is 24.7 Å². The number of hydrogen-bond donors (Lipinski definition) is 2. The van der Waals surface area contributed by atoms with Gasteiger partial charge in [-0.3, -0.25) is 0 Å². The van der Waals surface area contributed by atoms with Gasteiger partial charge >= 0.3 is 11.9 Å². The zero-order chi connectivity index (χ0) is 41.1. The van der Waals surface area contributed by atoms with Gasteiger partial charge in [-0.05, 0) is 189 Å². The maximum Gasteiger partial charge on any atom is 0.338 e. The van der Waals surface area contributed by atoms with Gasteiger partial charge in [0.2, 0.25) is 9.84 Å². The van der Waals surface area contributed by atoms with Crippen molar-refractivity contribution in [2.75, 3.05) is 26.4 Å². The zero-order valence-electron chi connectivity index (χ0n) is 28.3. The molecule has 0 heterocycles. The van der Waals surface area contributed by atoms with Crippen molar-refractivity contribution in [3.63, 3.8) is 0 Å². The van der Waals surface area contributed by atoms with Crippen molar-refractivity contribution in [3.05, 3.63) is 96.5 Å². The van der Waals surface area contributed by atoms with E-state index in [-0.39, 0.29) is 87.9 Å². The second-order valence-corrected chi connectivity index (χ2v) is 19.9. The molecule has 4 aromatic carbocycles. The third-order valence-corrected chi connectivity index (χ3v) is 14.0. The Morgan fingerprint density at radius 2 is 0.855 bits per heavy atom. The molecular formula is C36H26Br8O10S. The van der Waals surface area contributed by atoms with Crippen LogP contribution in [0, 0.1) is 0 Å². The number of carbonyl (C=O) groups is 2. The molecule has 0 atom stereocenters. The zero-order valence-corrected chi connectivity index (χ0v) is 41.8. The highest BCUT2D eigenvalue weighted by atomic mass is 79.9.